The van der Waals surface area contributed by atoms with Crippen LogP contribution >= 0.6 is 0 Å². The molecular formula is C32H43N5O7. The number of amides is 5. The Morgan fingerprint density at radius 2 is 1.73 bits per heavy atom. The third-order valence-corrected chi connectivity index (χ3v) is 8.54. The summed E-state index contributed by atoms with van der Waals surface area (Å²) in [6, 6.07) is 9.64. The Hall–Kier alpha value is -4.19. The first-order valence-electron chi connectivity index (χ1n) is 15.4. The number of likely N-dealkylation sites (N-methyl/N-ethyl adjacent to an activating group) is 1. The molecule has 0 saturated heterocycles. The molecule has 238 valence electrons. The van der Waals surface area contributed by atoms with E-state index < -0.39 is 12.1 Å². The summed E-state index contributed by atoms with van der Waals surface area (Å²) >= 11 is 0. The van der Waals surface area contributed by atoms with Gasteiger partial charge in [-0.1, -0.05) is 26.2 Å². The largest absolute Gasteiger partial charge is 0.488 e. The Labute approximate surface area is 258 Å². The molecule has 12 heteroatoms. The standard InChI is InChI=1S/C32H43N5O7/c1-20-16-37(21(2)18-38)30(39)14-22-13-24(34-31(40)33-23-7-5-4-6-8-23)9-11-26(22)44-29(20)17-36(3)32(41)35-25-10-12-27-28(15-25)43-19-42-27/h9-13,15,20-21,23,29,38H,4-8,14,16-19H2,1-3H3,(H,35,41)(H2,33,34,40)/t20-,21+,29-/m0/s1. The molecule has 2 aromatic carbocycles. The first kappa shape index (κ1) is 31.2. The summed E-state index contributed by atoms with van der Waals surface area (Å²) in [5.74, 6) is 1.37. The molecule has 12 nitrogen and oxygen atoms in total. The number of urea groups is 2. The number of hydrogen-bond acceptors (Lipinski definition) is 7. The number of benzene rings is 2. The van der Waals surface area contributed by atoms with E-state index in [1.807, 2.05) is 6.92 Å². The quantitative estimate of drug-likeness (QED) is 0.369. The molecule has 3 atom stereocenters. The van der Waals surface area contributed by atoms with Crippen LogP contribution in [0.25, 0.3) is 0 Å². The highest BCUT2D eigenvalue weighted by Crippen LogP contribution is 2.34. The van der Waals surface area contributed by atoms with Gasteiger partial charge < -0.3 is 45.1 Å². The van der Waals surface area contributed by atoms with Crippen LogP contribution in [0.2, 0.25) is 0 Å². The monoisotopic (exact) mass is 609 g/mol. The first-order chi connectivity index (χ1) is 21.2. The maximum absolute atomic E-state index is 13.5. The molecule has 4 N–H and O–H groups in total. The lowest BCUT2D eigenvalue weighted by Crippen LogP contribution is -2.48. The number of nitrogens with one attached hydrogen (secondary N) is 3. The summed E-state index contributed by atoms with van der Waals surface area (Å²) in [7, 11) is 1.68. The highest BCUT2D eigenvalue weighted by molar-refractivity contribution is 5.90. The van der Waals surface area contributed by atoms with E-state index in [1.54, 1.807) is 55.3 Å². The van der Waals surface area contributed by atoms with Gasteiger partial charge in [0.2, 0.25) is 12.7 Å². The molecule has 44 heavy (non-hydrogen) atoms. The van der Waals surface area contributed by atoms with Crippen LogP contribution in [-0.4, -0.2) is 84.6 Å². The second kappa shape index (κ2) is 14.1. The normalized spacial score (nSPS) is 20.7. The third-order valence-electron chi connectivity index (χ3n) is 8.54. The number of rotatable bonds is 7. The van der Waals surface area contributed by atoms with Gasteiger partial charge in [-0.15, -0.1) is 0 Å². The van der Waals surface area contributed by atoms with Crippen molar-refractivity contribution < 1.29 is 33.7 Å². The van der Waals surface area contributed by atoms with Gasteiger partial charge in [0, 0.05) is 48.6 Å². The van der Waals surface area contributed by atoms with Crippen LogP contribution in [0, 0.1) is 5.92 Å². The maximum Gasteiger partial charge on any atom is 0.321 e. The molecule has 0 bridgehead atoms. The number of nitrogens with zero attached hydrogens (tertiary/aromatic N) is 2. The van der Waals surface area contributed by atoms with Crippen molar-refractivity contribution in [2.75, 3.05) is 44.2 Å². The highest BCUT2D eigenvalue weighted by atomic mass is 16.7. The Morgan fingerprint density at radius 1 is 1.02 bits per heavy atom. The SMILES string of the molecule is C[C@H](CO)N1C[C@H](C)[C@H](CN(C)C(=O)Nc2ccc3c(c2)OCO3)Oc2ccc(NC(=O)NC3CCCCC3)cc2CC1=O. The fourth-order valence-electron chi connectivity index (χ4n) is 5.87. The summed E-state index contributed by atoms with van der Waals surface area (Å²) in [6.45, 7) is 4.30. The molecule has 1 aliphatic carbocycles. The molecule has 0 radical (unpaired) electrons. The molecule has 1 saturated carbocycles. The Morgan fingerprint density at radius 3 is 2.48 bits per heavy atom. The molecular weight excluding hydrogens is 566 g/mol. The van der Waals surface area contributed by atoms with Crippen molar-refractivity contribution in [3.63, 3.8) is 0 Å². The van der Waals surface area contributed by atoms with Gasteiger partial charge in [-0.05, 0) is 50.1 Å². The molecule has 5 rings (SSSR count). The molecule has 3 aliphatic rings. The van der Waals surface area contributed by atoms with E-state index in [1.165, 1.54) is 11.3 Å². The fourth-order valence-corrected chi connectivity index (χ4v) is 5.87. The van der Waals surface area contributed by atoms with Gasteiger partial charge in [-0.25, -0.2) is 9.59 Å². The van der Waals surface area contributed by atoms with E-state index in [2.05, 4.69) is 16.0 Å². The number of carbonyl (C=O) groups excluding carboxylic acids is 3. The van der Waals surface area contributed by atoms with E-state index in [0.29, 0.717) is 40.7 Å². The number of aliphatic hydroxyl groups is 1. The Bertz CT molecular complexity index is 1350. The summed E-state index contributed by atoms with van der Waals surface area (Å²) in [5.41, 5.74) is 1.74. The van der Waals surface area contributed by atoms with Gasteiger partial charge in [0.05, 0.1) is 25.6 Å². The average molecular weight is 610 g/mol. The van der Waals surface area contributed by atoms with Gasteiger partial charge >= 0.3 is 12.1 Å². The van der Waals surface area contributed by atoms with E-state index in [-0.39, 0.29) is 56.3 Å². The van der Waals surface area contributed by atoms with Crippen molar-refractivity contribution in [2.24, 2.45) is 5.92 Å². The minimum Gasteiger partial charge on any atom is -0.488 e. The van der Waals surface area contributed by atoms with Crippen molar-refractivity contribution in [2.45, 2.75) is 70.6 Å². The van der Waals surface area contributed by atoms with Gasteiger partial charge in [-0.3, -0.25) is 4.79 Å². The smallest absolute Gasteiger partial charge is 0.321 e. The molecule has 5 amide bonds. The minimum atomic E-state index is -0.478. The second-order valence-corrected chi connectivity index (χ2v) is 12.0. The Balaban J connectivity index is 1.32. The van der Waals surface area contributed by atoms with Crippen LogP contribution in [0.15, 0.2) is 36.4 Å². The van der Waals surface area contributed by atoms with E-state index in [4.69, 9.17) is 14.2 Å². The molecule has 1 fully saturated rings. The predicted octanol–water partition coefficient (Wildman–Crippen LogP) is 4.18. The average Bonchev–Trinajstić information content (AvgIpc) is 3.49. The van der Waals surface area contributed by atoms with Gasteiger partial charge in [0.1, 0.15) is 11.9 Å². The van der Waals surface area contributed by atoms with Crippen molar-refractivity contribution >= 4 is 29.3 Å². The number of aliphatic hydroxyl groups excluding tert-OH is 1. The van der Waals surface area contributed by atoms with Crippen LogP contribution in [0.1, 0.15) is 51.5 Å². The second-order valence-electron chi connectivity index (χ2n) is 12.0. The lowest BCUT2D eigenvalue weighted by Gasteiger charge is -2.34. The van der Waals surface area contributed by atoms with Gasteiger partial charge in [-0.2, -0.15) is 0 Å². The molecule has 2 heterocycles. The summed E-state index contributed by atoms with van der Waals surface area (Å²) in [6.07, 6.45) is 4.93. The zero-order valence-electron chi connectivity index (χ0n) is 25.6. The van der Waals surface area contributed by atoms with Crippen LogP contribution in [0.4, 0.5) is 21.0 Å². The van der Waals surface area contributed by atoms with Crippen molar-refractivity contribution in [3.8, 4) is 17.2 Å². The number of anilines is 2. The first-order valence-corrected chi connectivity index (χ1v) is 15.4. The molecule has 2 aromatic rings. The number of hydrogen-bond donors (Lipinski definition) is 4. The van der Waals surface area contributed by atoms with E-state index in [0.717, 1.165) is 25.7 Å². The molecule has 2 aliphatic heterocycles. The van der Waals surface area contributed by atoms with Crippen LogP contribution in [-0.2, 0) is 11.2 Å². The van der Waals surface area contributed by atoms with Gasteiger partial charge in [0.25, 0.3) is 0 Å². The summed E-state index contributed by atoms with van der Waals surface area (Å²) < 4.78 is 17.3. The highest BCUT2D eigenvalue weighted by Gasteiger charge is 2.32. The summed E-state index contributed by atoms with van der Waals surface area (Å²) in [5, 5.41) is 18.8. The molecule has 0 unspecified atom stereocenters. The molecule has 0 aromatic heterocycles. The number of ether oxygens (including phenoxy) is 3. The van der Waals surface area contributed by atoms with Crippen molar-refractivity contribution in [1.29, 1.82) is 0 Å². The summed E-state index contributed by atoms with van der Waals surface area (Å²) in [4.78, 5) is 42.6. The van der Waals surface area contributed by atoms with Crippen LogP contribution in [0.5, 0.6) is 17.2 Å². The topological polar surface area (TPSA) is 142 Å². The van der Waals surface area contributed by atoms with E-state index in [9.17, 15) is 19.5 Å². The minimum absolute atomic E-state index is 0.0410. The lowest BCUT2D eigenvalue weighted by atomic mass is 9.96. The number of carbonyl (C=O) groups is 3. The predicted molar refractivity (Wildman–Crippen MR) is 165 cm³/mol. The molecule has 0 spiro atoms. The zero-order chi connectivity index (χ0) is 31.2. The van der Waals surface area contributed by atoms with Gasteiger partial charge in [0.15, 0.2) is 11.5 Å². The van der Waals surface area contributed by atoms with Crippen LogP contribution in [0.3, 0.4) is 0 Å². The fraction of sp³-hybridized carbons (Fsp3) is 0.531. The lowest BCUT2D eigenvalue weighted by molar-refractivity contribution is -0.134. The number of fused-ring (bicyclic) bond motifs is 2. The Kier molecular flexibility index (Phi) is 9.99. The van der Waals surface area contributed by atoms with E-state index >= 15 is 0 Å². The van der Waals surface area contributed by atoms with Crippen molar-refractivity contribution in [1.82, 2.24) is 15.1 Å². The third kappa shape index (κ3) is 7.65. The zero-order valence-corrected chi connectivity index (χ0v) is 25.6. The van der Waals surface area contributed by atoms with Crippen LogP contribution < -0.4 is 30.2 Å². The van der Waals surface area contributed by atoms with Crippen molar-refractivity contribution in [3.05, 3.63) is 42.0 Å². The maximum atomic E-state index is 13.5.